The molecule has 0 aliphatic carbocycles. The Labute approximate surface area is 120 Å². The van der Waals surface area contributed by atoms with Crippen molar-refractivity contribution in [3.8, 4) is 0 Å². The number of likely N-dealkylation sites (tertiary alicyclic amines) is 1. The highest BCUT2D eigenvalue weighted by atomic mass is 16.1. The predicted octanol–water partition coefficient (Wildman–Crippen LogP) is 1.58. The summed E-state index contributed by atoms with van der Waals surface area (Å²) in [5.74, 6) is 0.518. The number of nitrogens with zero attached hydrogens (tertiary/aromatic N) is 2. The fourth-order valence-corrected chi connectivity index (χ4v) is 2.51. The van der Waals surface area contributed by atoms with Crippen LogP contribution in [0.3, 0.4) is 0 Å². The lowest BCUT2D eigenvalue weighted by Gasteiger charge is -2.30. The summed E-state index contributed by atoms with van der Waals surface area (Å²) < 4.78 is 0. The van der Waals surface area contributed by atoms with Gasteiger partial charge in [-0.1, -0.05) is 6.92 Å². The molecule has 1 saturated heterocycles. The monoisotopic (exact) mass is 276 g/mol. The van der Waals surface area contributed by atoms with E-state index in [1.165, 1.54) is 12.8 Å². The van der Waals surface area contributed by atoms with E-state index in [0.717, 1.165) is 31.9 Å². The zero-order valence-electron chi connectivity index (χ0n) is 12.4. The first-order valence-electron chi connectivity index (χ1n) is 7.37. The number of rotatable bonds is 5. The second-order valence-electron chi connectivity index (χ2n) is 5.27. The van der Waals surface area contributed by atoms with Crippen LogP contribution in [-0.4, -0.2) is 49.0 Å². The molecule has 110 valence electrons. The molecule has 1 aliphatic heterocycles. The average molecular weight is 276 g/mol. The van der Waals surface area contributed by atoms with Gasteiger partial charge in [0.05, 0.1) is 11.9 Å². The topological polar surface area (TPSA) is 57.3 Å². The van der Waals surface area contributed by atoms with Gasteiger partial charge in [0.25, 0.3) is 5.91 Å². The van der Waals surface area contributed by atoms with Crippen LogP contribution in [0.1, 0.15) is 30.3 Å². The van der Waals surface area contributed by atoms with Crippen LogP contribution in [0.15, 0.2) is 18.3 Å². The van der Waals surface area contributed by atoms with Gasteiger partial charge in [0.2, 0.25) is 0 Å². The third-order valence-electron chi connectivity index (χ3n) is 3.99. The van der Waals surface area contributed by atoms with E-state index in [9.17, 15) is 4.79 Å². The highest BCUT2D eigenvalue weighted by molar-refractivity contribution is 5.92. The summed E-state index contributed by atoms with van der Waals surface area (Å²) in [4.78, 5) is 18.6. The first-order chi connectivity index (χ1) is 9.72. The number of amides is 1. The van der Waals surface area contributed by atoms with E-state index in [1.807, 2.05) is 13.1 Å². The van der Waals surface area contributed by atoms with Crippen molar-refractivity contribution in [3.05, 3.63) is 24.0 Å². The summed E-state index contributed by atoms with van der Waals surface area (Å²) >= 11 is 0. The van der Waals surface area contributed by atoms with Crippen molar-refractivity contribution in [1.29, 1.82) is 0 Å². The lowest BCUT2D eigenvalue weighted by atomic mass is 9.97. The van der Waals surface area contributed by atoms with Crippen molar-refractivity contribution in [2.24, 2.45) is 5.92 Å². The second-order valence-corrected chi connectivity index (χ2v) is 5.27. The Morgan fingerprint density at radius 3 is 2.70 bits per heavy atom. The average Bonchev–Trinajstić information content (AvgIpc) is 2.53. The number of pyridine rings is 1. The summed E-state index contributed by atoms with van der Waals surface area (Å²) in [5.41, 5.74) is 1.39. The van der Waals surface area contributed by atoms with E-state index in [1.54, 1.807) is 12.3 Å². The Hall–Kier alpha value is -1.62. The predicted molar refractivity (Wildman–Crippen MR) is 81.0 cm³/mol. The summed E-state index contributed by atoms with van der Waals surface area (Å²) in [6.07, 6.45) is 4.01. The Morgan fingerprint density at radius 1 is 1.40 bits per heavy atom. The molecule has 0 saturated carbocycles. The summed E-state index contributed by atoms with van der Waals surface area (Å²) in [6.45, 7) is 6.37. The van der Waals surface area contributed by atoms with Crippen LogP contribution in [-0.2, 0) is 0 Å². The Balaban J connectivity index is 1.77. The maximum absolute atomic E-state index is 12.0. The van der Waals surface area contributed by atoms with Crippen LogP contribution in [0.25, 0.3) is 0 Å². The molecule has 1 aromatic rings. The number of carbonyl (C=O) groups is 1. The van der Waals surface area contributed by atoms with E-state index < -0.39 is 0 Å². The summed E-state index contributed by atoms with van der Waals surface area (Å²) in [5, 5.41) is 5.99. The van der Waals surface area contributed by atoms with E-state index in [0.29, 0.717) is 11.6 Å². The Bertz CT molecular complexity index is 424. The van der Waals surface area contributed by atoms with Crippen molar-refractivity contribution in [2.75, 3.05) is 38.5 Å². The molecule has 0 aromatic carbocycles. The van der Waals surface area contributed by atoms with Crippen LogP contribution < -0.4 is 10.6 Å². The quantitative estimate of drug-likeness (QED) is 0.857. The maximum atomic E-state index is 12.0. The molecule has 0 radical (unpaired) electrons. The molecule has 1 fully saturated rings. The van der Waals surface area contributed by atoms with Gasteiger partial charge in [-0.25, -0.2) is 4.98 Å². The van der Waals surface area contributed by atoms with Crippen molar-refractivity contribution in [2.45, 2.75) is 19.8 Å². The number of carbonyl (C=O) groups excluding carboxylic acids is 1. The van der Waals surface area contributed by atoms with Gasteiger partial charge in [-0.15, -0.1) is 0 Å². The van der Waals surface area contributed by atoms with Crippen LogP contribution in [0, 0.1) is 5.92 Å². The van der Waals surface area contributed by atoms with Gasteiger partial charge in [-0.3, -0.25) is 4.79 Å². The van der Waals surface area contributed by atoms with Gasteiger partial charge >= 0.3 is 0 Å². The van der Waals surface area contributed by atoms with Gasteiger partial charge < -0.3 is 15.5 Å². The molecule has 5 heteroatoms. The minimum absolute atomic E-state index is 0.0782. The number of anilines is 1. The third kappa shape index (κ3) is 3.93. The number of hydrogen-bond acceptors (Lipinski definition) is 4. The number of piperidine rings is 1. The highest BCUT2D eigenvalue weighted by Gasteiger charge is 2.18. The third-order valence-corrected chi connectivity index (χ3v) is 3.99. The van der Waals surface area contributed by atoms with Crippen molar-refractivity contribution in [3.63, 3.8) is 0 Å². The van der Waals surface area contributed by atoms with Gasteiger partial charge in [0.15, 0.2) is 0 Å². The molecule has 20 heavy (non-hydrogen) atoms. The molecule has 0 bridgehead atoms. The van der Waals surface area contributed by atoms with E-state index in [4.69, 9.17) is 0 Å². The molecule has 2 N–H and O–H groups in total. The van der Waals surface area contributed by atoms with Crippen molar-refractivity contribution >= 4 is 11.6 Å². The van der Waals surface area contributed by atoms with Crippen LogP contribution in [0.2, 0.25) is 0 Å². The number of hydrogen-bond donors (Lipinski definition) is 2. The maximum Gasteiger partial charge on any atom is 0.269 e. The molecule has 5 nitrogen and oxygen atoms in total. The lowest BCUT2D eigenvalue weighted by molar-refractivity contribution is 0.0932. The van der Waals surface area contributed by atoms with Gasteiger partial charge in [-0.2, -0.15) is 0 Å². The molecule has 1 aliphatic rings. The Morgan fingerprint density at radius 2 is 2.15 bits per heavy atom. The molecule has 0 atom stereocenters. The van der Waals surface area contributed by atoms with Gasteiger partial charge in [0, 0.05) is 13.6 Å². The molecule has 0 spiro atoms. The molecular formula is C15H24N4O. The van der Waals surface area contributed by atoms with Crippen LogP contribution in [0.5, 0.6) is 0 Å². The molecule has 0 unspecified atom stereocenters. The SMILES string of the molecule is CCN1CCC(CNC(=O)c2ccc(NC)cn2)CC1. The first kappa shape index (κ1) is 14.8. The fourth-order valence-electron chi connectivity index (χ4n) is 2.51. The van der Waals surface area contributed by atoms with E-state index in [-0.39, 0.29) is 5.91 Å². The molecule has 1 amide bonds. The van der Waals surface area contributed by atoms with E-state index >= 15 is 0 Å². The zero-order valence-corrected chi connectivity index (χ0v) is 12.4. The minimum atomic E-state index is -0.0782. The normalized spacial score (nSPS) is 16.9. The Kier molecular flexibility index (Phi) is 5.35. The number of nitrogens with one attached hydrogen (secondary N) is 2. The highest BCUT2D eigenvalue weighted by Crippen LogP contribution is 2.16. The molecular weight excluding hydrogens is 252 g/mol. The second kappa shape index (κ2) is 7.24. The number of aromatic nitrogens is 1. The van der Waals surface area contributed by atoms with Gasteiger partial charge in [0.1, 0.15) is 5.69 Å². The fraction of sp³-hybridized carbons (Fsp3) is 0.600. The summed E-state index contributed by atoms with van der Waals surface area (Å²) in [7, 11) is 1.83. The zero-order chi connectivity index (χ0) is 14.4. The largest absolute Gasteiger partial charge is 0.387 e. The minimum Gasteiger partial charge on any atom is -0.387 e. The molecule has 1 aromatic heterocycles. The van der Waals surface area contributed by atoms with Gasteiger partial charge in [-0.05, 0) is 50.5 Å². The summed E-state index contributed by atoms with van der Waals surface area (Å²) in [6, 6.07) is 3.61. The van der Waals surface area contributed by atoms with E-state index in [2.05, 4.69) is 27.4 Å². The van der Waals surface area contributed by atoms with Crippen molar-refractivity contribution in [1.82, 2.24) is 15.2 Å². The first-order valence-corrected chi connectivity index (χ1v) is 7.37. The molecule has 2 heterocycles. The van der Waals surface area contributed by atoms with Crippen LogP contribution >= 0.6 is 0 Å². The standard InChI is InChI=1S/C15H24N4O/c1-3-19-8-6-12(7-9-19)10-18-15(20)14-5-4-13(16-2)11-17-14/h4-5,11-12,16H,3,6-10H2,1-2H3,(H,18,20). The molecule has 2 rings (SSSR count). The lowest BCUT2D eigenvalue weighted by Crippen LogP contribution is -2.38. The van der Waals surface area contributed by atoms with Crippen molar-refractivity contribution < 1.29 is 4.79 Å². The van der Waals surface area contributed by atoms with Crippen LogP contribution in [0.4, 0.5) is 5.69 Å². The smallest absolute Gasteiger partial charge is 0.269 e.